The minimum absolute atomic E-state index is 0.302. The summed E-state index contributed by atoms with van der Waals surface area (Å²) < 4.78 is 27.2. The molecule has 5 heteroatoms. The Balaban J connectivity index is 2.27. The maximum atomic E-state index is 12.3. The van der Waals surface area contributed by atoms with Gasteiger partial charge in [0.1, 0.15) is 0 Å². The molecule has 0 aliphatic rings. The van der Waals surface area contributed by atoms with Crippen molar-refractivity contribution >= 4 is 21.4 Å². The Kier molecular flexibility index (Phi) is 3.99. The molecular formula is C15H18N2O2S. The van der Waals surface area contributed by atoms with Crippen LogP contribution in [0.15, 0.2) is 53.4 Å². The van der Waals surface area contributed by atoms with Gasteiger partial charge >= 0.3 is 0 Å². The average molecular weight is 290 g/mol. The molecule has 0 bridgehead atoms. The summed E-state index contributed by atoms with van der Waals surface area (Å²) in [5.41, 5.74) is 2.30. The van der Waals surface area contributed by atoms with Crippen LogP contribution >= 0.6 is 0 Å². The summed E-state index contributed by atoms with van der Waals surface area (Å²) in [6, 6.07) is 14.2. The lowest BCUT2D eigenvalue weighted by molar-refractivity contribution is 0.600. The van der Waals surface area contributed by atoms with Gasteiger partial charge in [-0.2, -0.15) is 0 Å². The molecule has 2 aromatic rings. The van der Waals surface area contributed by atoms with Gasteiger partial charge in [-0.15, -0.1) is 0 Å². The van der Waals surface area contributed by atoms with E-state index >= 15 is 0 Å². The van der Waals surface area contributed by atoms with E-state index in [1.807, 2.05) is 37.2 Å². The molecule has 0 heterocycles. The van der Waals surface area contributed by atoms with E-state index < -0.39 is 10.0 Å². The molecule has 0 unspecified atom stereocenters. The summed E-state index contributed by atoms with van der Waals surface area (Å²) in [7, 11) is 0.333. The van der Waals surface area contributed by atoms with Gasteiger partial charge in [0.2, 0.25) is 0 Å². The Morgan fingerprint density at radius 1 is 0.950 bits per heavy atom. The van der Waals surface area contributed by atoms with Crippen LogP contribution in [-0.4, -0.2) is 22.5 Å². The third-order valence-electron chi connectivity index (χ3n) is 3.02. The van der Waals surface area contributed by atoms with Crippen LogP contribution < -0.4 is 9.62 Å². The van der Waals surface area contributed by atoms with E-state index in [-0.39, 0.29) is 0 Å². The molecule has 0 atom stereocenters. The predicted molar refractivity (Wildman–Crippen MR) is 82.8 cm³/mol. The molecule has 2 aromatic carbocycles. The predicted octanol–water partition coefficient (Wildman–Crippen LogP) is 2.86. The second-order valence-corrected chi connectivity index (χ2v) is 6.46. The number of aryl methyl sites for hydroxylation is 1. The Bertz CT molecular complexity index is 692. The third-order valence-corrected chi connectivity index (χ3v) is 4.56. The molecule has 2 rings (SSSR count). The lowest BCUT2D eigenvalue weighted by Gasteiger charge is -2.14. The van der Waals surface area contributed by atoms with Gasteiger partial charge in [0.25, 0.3) is 10.0 Å². The van der Waals surface area contributed by atoms with Gasteiger partial charge in [-0.3, -0.25) is 4.72 Å². The van der Waals surface area contributed by atoms with Crippen molar-refractivity contribution in [1.29, 1.82) is 0 Å². The zero-order chi connectivity index (χ0) is 14.8. The standard InChI is InChI=1S/C15H18N2O2S/c1-12-6-4-5-7-15(12)20(18,19)16-13-8-10-14(11-9-13)17(2)3/h4-11,16H,1-3H3. The number of anilines is 2. The molecule has 0 aliphatic heterocycles. The Morgan fingerprint density at radius 3 is 2.10 bits per heavy atom. The minimum atomic E-state index is -3.54. The van der Waals surface area contributed by atoms with E-state index in [2.05, 4.69) is 4.72 Å². The van der Waals surface area contributed by atoms with Crippen molar-refractivity contribution in [3.63, 3.8) is 0 Å². The molecule has 1 N–H and O–H groups in total. The second kappa shape index (κ2) is 5.54. The quantitative estimate of drug-likeness (QED) is 0.942. The largest absolute Gasteiger partial charge is 0.378 e. The fourth-order valence-corrected chi connectivity index (χ4v) is 3.20. The first-order chi connectivity index (χ1) is 9.40. The number of nitrogens with one attached hydrogen (secondary N) is 1. The topological polar surface area (TPSA) is 49.4 Å². The van der Waals surface area contributed by atoms with Crippen molar-refractivity contribution < 1.29 is 8.42 Å². The fourth-order valence-electron chi connectivity index (χ4n) is 1.90. The van der Waals surface area contributed by atoms with Crippen LogP contribution in [0, 0.1) is 6.92 Å². The molecule has 0 fully saturated rings. The maximum Gasteiger partial charge on any atom is 0.262 e. The number of nitrogens with zero attached hydrogens (tertiary/aromatic N) is 1. The van der Waals surface area contributed by atoms with Crippen LogP contribution in [0.3, 0.4) is 0 Å². The number of hydrogen-bond donors (Lipinski definition) is 1. The molecule has 0 saturated heterocycles. The molecule has 106 valence electrons. The highest BCUT2D eigenvalue weighted by atomic mass is 32.2. The van der Waals surface area contributed by atoms with Crippen LogP contribution in [0.4, 0.5) is 11.4 Å². The van der Waals surface area contributed by atoms with Crippen molar-refractivity contribution in [3.8, 4) is 0 Å². The van der Waals surface area contributed by atoms with Crippen LogP contribution in [0.2, 0.25) is 0 Å². The number of rotatable bonds is 4. The molecule has 0 amide bonds. The number of sulfonamides is 1. The third kappa shape index (κ3) is 3.11. The highest BCUT2D eigenvalue weighted by Gasteiger charge is 2.16. The van der Waals surface area contributed by atoms with E-state index in [0.29, 0.717) is 10.6 Å². The highest BCUT2D eigenvalue weighted by molar-refractivity contribution is 7.92. The Hall–Kier alpha value is -2.01. The highest BCUT2D eigenvalue weighted by Crippen LogP contribution is 2.21. The first-order valence-electron chi connectivity index (χ1n) is 6.26. The molecule has 4 nitrogen and oxygen atoms in total. The van der Waals surface area contributed by atoms with E-state index in [1.54, 1.807) is 37.3 Å². The molecule has 0 spiro atoms. The van der Waals surface area contributed by atoms with Gasteiger partial charge in [-0.05, 0) is 42.8 Å². The molecule has 0 aliphatic carbocycles. The summed E-state index contributed by atoms with van der Waals surface area (Å²) in [6.45, 7) is 1.78. The summed E-state index contributed by atoms with van der Waals surface area (Å²) in [6.07, 6.45) is 0. The summed E-state index contributed by atoms with van der Waals surface area (Å²) in [5.74, 6) is 0. The number of benzene rings is 2. The van der Waals surface area contributed by atoms with Gasteiger partial charge in [0.15, 0.2) is 0 Å². The van der Waals surface area contributed by atoms with E-state index in [9.17, 15) is 8.42 Å². The smallest absolute Gasteiger partial charge is 0.262 e. The first-order valence-corrected chi connectivity index (χ1v) is 7.74. The minimum Gasteiger partial charge on any atom is -0.378 e. The number of hydrogen-bond acceptors (Lipinski definition) is 3. The van der Waals surface area contributed by atoms with Crippen molar-refractivity contribution in [2.45, 2.75) is 11.8 Å². The van der Waals surface area contributed by atoms with Crippen molar-refractivity contribution in [3.05, 3.63) is 54.1 Å². The zero-order valence-corrected chi connectivity index (χ0v) is 12.6. The van der Waals surface area contributed by atoms with Gasteiger partial charge in [0.05, 0.1) is 4.90 Å². The van der Waals surface area contributed by atoms with Crippen molar-refractivity contribution in [2.24, 2.45) is 0 Å². The van der Waals surface area contributed by atoms with E-state index in [4.69, 9.17) is 0 Å². The zero-order valence-electron chi connectivity index (χ0n) is 11.8. The summed E-state index contributed by atoms with van der Waals surface area (Å²) >= 11 is 0. The van der Waals surface area contributed by atoms with Gasteiger partial charge in [0, 0.05) is 25.5 Å². The van der Waals surface area contributed by atoms with Gasteiger partial charge in [-0.1, -0.05) is 18.2 Å². The SMILES string of the molecule is Cc1ccccc1S(=O)(=O)Nc1ccc(N(C)C)cc1. The lowest BCUT2D eigenvalue weighted by Crippen LogP contribution is -2.14. The lowest BCUT2D eigenvalue weighted by atomic mass is 10.2. The summed E-state index contributed by atoms with van der Waals surface area (Å²) in [4.78, 5) is 2.26. The normalized spacial score (nSPS) is 11.2. The monoisotopic (exact) mass is 290 g/mol. The van der Waals surface area contributed by atoms with Crippen LogP contribution in [0.5, 0.6) is 0 Å². The van der Waals surface area contributed by atoms with Crippen LogP contribution in [0.1, 0.15) is 5.56 Å². The van der Waals surface area contributed by atoms with Crippen molar-refractivity contribution in [1.82, 2.24) is 0 Å². The Morgan fingerprint density at radius 2 is 1.55 bits per heavy atom. The second-order valence-electron chi connectivity index (χ2n) is 4.81. The molecule has 0 aromatic heterocycles. The van der Waals surface area contributed by atoms with Crippen molar-refractivity contribution in [2.75, 3.05) is 23.7 Å². The van der Waals surface area contributed by atoms with Gasteiger partial charge < -0.3 is 4.90 Å². The van der Waals surface area contributed by atoms with E-state index in [0.717, 1.165) is 11.3 Å². The average Bonchev–Trinajstić information content (AvgIpc) is 2.39. The Labute approximate surface area is 120 Å². The first kappa shape index (κ1) is 14.4. The molecule has 0 saturated carbocycles. The molecule has 0 radical (unpaired) electrons. The molecular weight excluding hydrogens is 272 g/mol. The maximum absolute atomic E-state index is 12.3. The van der Waals surface area contributed by atoms with Crippen LogP contribution in [0.25, 0.3) is 0 Å². The fraction of sp³-hybridized carbons (Fsp3) is 0.200. The van der Waals surface area contributed by atoms with E-state index in [1.165, 1.54) is 0 Å². The van der Waals surface area contributed by atoms with Gasteiger partial charge in [-0.25, -0.2) is 8.42 Å². The molecule has 20 heavy (non-hydrogen) atoms. The summed E-state index contributed by atoms with van der Waals surface area (Å²) in [5, 5.41) is 0. The van der Waals surface area contributed by atoms with Crippen LogP contribution in [-0.2, 0) is 10.0 Å².